The molecule has 0 spiro atoms. The van der Waals surface area contributed by atoms with Crippen LogP contribution in [-0.4, -0.2) is 25.6 Å². The van der Waals surface area contributed by atoms with Crippen LogP contribution in [0.25, 0.3) is 10.8 Å². The summed E-state index contributed by atoms with van der Waals surface area (Å²) in [5.41, 5.74) is 0.498. The molecule has 0 aliphatic carbocycles. The highest BCUT2D eigenvalue weighted by Gasteiger charge is 2.20. The molecule has 0 bridgehead atoms. The molecule has 0 saturated carbocycles. The van der Waals surface area contributed by atoms with E-state index in [0.717, 1.165) is 11.1 Å². The van der Waals surface area contributed by atoms with E-state index < -0.39 is 15.8 Å². The van der Waals surface area contributed by atoms with Gasteiger partial charge in [0, 0.05) is 6.26 Å². The smallest absolute Gasteiger partial charge is 0.339 e. The van der Waals surface area contributed by atoms with Crippen molar-refractivity contribution in [2.75, 3.05) is 6.26 Å². The number of thiophene rings is 1. The molecule has 8 heteroatoms. The maximum atomic E-state index is 12.3. The summed E-state index contributed by atoms with van der Waals surface area (Å²) in [5, 5.41) is 1.91. The fraction of sp³-hybridized carbons (Fsp3) is 0.176. The molecule has 2 aromatic heterocycles. The van der Waals surface area contributed by atoms with Gasteiger partial charge in [0.05, 0.1) is 15.3 Å². The standard InChI is InChI=1S/C17H15NO5S2/c1-11-13(18-16(23-11)14-7-5-9-24-14)10-22-17(19)12-6-3-4-8-15(12)25(2,20)21/h3-9H,10H2,1-2H3. The lowest BCUT2D eigenvalue weighted by molar-refractivity contribution is 0.0462. The Bertz CT molecular complexity index is 1000. The largest absolute Gasteiger partial charge is 0.455 e. The molecular formula is C17H15NO5S2. The summed E-state index contributed by atoms with van der Waals surface area (Å²) in [7, 11) is -3.53. The predicted octanol–water partition coefficient (Wildman–Crippen LogP) is 3.47. The zero-order valence-corrected chi connectivity index (χ0v) is 15.2. The molecule has 0 fully saturated rings. The molecule has 1 aromatic carbocycles. The Morgan fingerprint density at radius 1 is 1.24 bits per heavy atom. The van der Waals surface area contributed by atoms with Crippen molar-refractivity contribution in [2.24, 2.45) is 0 Å². The lowest BCUT2D eigenvalue weighted by atomic mass is 10.2. The fourth-order valence-corrected chi connectivity index (χ4v) is 3.76. The number of benzene rings is 1. The number of aromatic nitrogens is 1. The van der Waals surface area contributed by atoms with E-state index in [1.807, 2.05) is 17.5 Å². The van der Waals surface area contributed by atoms with Crippen LogP contribution in [0.1, 0.15) is 21.8 Å². The maximum absolute atomic E-state index is 12.3. The third kappa shape index (κ3) is 3.80. The molecule has 0 aliphatic rings. The zero-order chi connectivity index (χ0) is 18.0. The molecule has 0 unspecified atom stereocenters. The van der Waals surface area contributed by atoms with Crippen LogP contribution in [0.15, 0.2) is 51.1 Å². The average molecular weight is 377 g/mol. The van der Waals surface area contributed by atoms with Crippen molar-refractivity contribution in [3.63, 3.8) is 0 Å². The van der Waals surface area contributed by atoms with Gasteiger partial charge >= 0.3 is 5.97 Å². The highest BCUT2D eigenvalue weighted by molar-refractivity contribution is 7.90. The molecule has 3 aromatic rings. The maximum Gasteiger partial charge on any atom is 0.339 e. The molecule has 3 rings (SSSR count). The van der Waals surface area contributed by atoms with E-state index >= 15 is 0 Å². The third-order valence-corrected chi connectivity index (χ3v) is 5.48. The molecule has 6 nitrogen and oxygen atoms in total. The number of carbonyl (C=O) groups excluding carboxylic acids is 1. The Morgan fingerprint density at radius 2 is 2.00 bits per heavy atom. The Kier molecular flexibility index (Phi) is 4.73. The molecule has 0 amide bonds. The number of rotatable bonds is 5. The summed E-state index contributed by atoms with van der Waals surface area (Å²) in [4.78, 5) is 17.4. The summed E-state index contributed by atoms with van der Waals surface area (Å²) in [5.74, 6) is 0.295. The molecule has 25 heavy (non-hydrogen) atoms. The SMILES string of the molecule is Cc1oc(-c2cccs2)nc1COC(=O)c1ccccc1S(C)(=O)=O. The number of ether oxygens (including phenoxy) is 1. The minimum Gasteiger partial charge on any atom is -0.455 e. The van der Waals surface area contributed by atoms with Crippen LogP contribution in [-0.2, 0) is 21.2 Å². The van der Waals surface area contributed by atoms with Crippen LogP contribution in [0.2, 0.25) is 0 Å². The first-order chi connectivity index (χ1) is 11.9. The number of esters is 1. The molecule has 0 N–H and O–H groups in total. The van der Waals surface area contributed by atoms with Crippen molar-refractivity contribution in [1.29, 1.82) is 0 Å². The van der Waals surface area contributed by atoms with Crippen molar-refractivity contribution in [2.45, 2.75) is 18.4 Å². The van der Waals surface area contributed by atoms with Crippen molar-refractivity contribution in [3.8, 4) is 10.8 Å². The first kappa shape index (κ1) is 17.4. The van der Waals surface area contributed by atoms with Gasteiger partial charge < -0.3 is 9.15 Å². The first-order valence-electron chi connectivity index (χ1n) is 7.32. The van der Waals surface area contributed by atoms with Crippen LogP contribution in [0, 0.1) is 6.92 Å². The highest BCUT2D eigenvalue weighted by atomic mass is 32.2. The van der Waals surface area contributed by atoms with Crippen LogP contribution in [0.5, 0.6) is 0 Å². The zero-order valence-electron chi connectivity index (χ0n) is 13.6. The van der Waals surface area contributed by atoms with E-state index in [1.165, 1.54) is 23.5 Å². The molecule has 0 saturated heterocycles. The van der Waals surface area contributed by atoms with Crippen molar-refractivity contribution >= 4 is 27.1 Å². The van der Waals surface area contributed by atoms with Gasteiger partial charge in [-0.2, -0.15) is 0 Å². The second kappa shape index (κ2) is 6.81. The molecule has 130 valence electrons. The normalized spacial score (nSPS) is 11.4. The summed E-state index contributed by atoms with van der Waals surface area (Å²) >= 11 is 1.49. The predicted molar refractivity (Wildman–Crippen MR) is 93.2 cm³/mol. The summed E-state index contributed by atoms with van der Waals surface area (Å²) in [6.45, 7) is 1.63. The van der Waals surface area contributed by atoms with Crippen LogP contribution in [0.4, 0.5) is 0 Å². The van der Waals surface area contributed by atoms with Gasteiger partial charge in [0.1, 0.15) is 18.1 Å². The lowest BCUT2D eigenvalue weighted by Crippen LogP contribution is -2.11. The lowest BCUT2D eigenvalue weighted by Gasteiger charge is -2.07. The molecule has 0 aliphatic heterocycles. The summed E-state index contributed by atoms with van der Waals surface area (Å²) < 4.78 is 34.4. The number of carbonyl (C=O) groups is 1. The minimum atomic E-state index is -3.53. The van der Waals surface area contributed by atoms with Crippen LogP contribution < -0.4 is 0 Å². The van der Waals surface area contributed by atoms with E-state index in [9.17, 15) is 13.2 Å². The average Bonchev–Trinajstić information content (AvgIpc) is 3.21. The Balaban J connectivity index is 1.78. The Morgan fingerprint density at radius 3 is 2.68 bits per heavy atom. The van der Waals surface area contributed by atoms with E-state index in [-0.39, 0.29) is 17.1 Å². The van der Waals surface area contributed by atoms with Crippen LogP contribution >= 0.6 is 11.3 Å². The topological polar surface area (TPSA) is 86.5 Å². The minimum absolute atomic E-state index is 0.00429. The Hall–Kier alpha value is -2.45. The Labute approximate surface area is 149 Å². The number of nitrogens with zero attached hydrogens (tertiary/aromatic N) is 1. The molecule has 0 radical (unpaired) electrons. The van der Waals surface area contributed by atoms with Gasteiger partial charge in [-0.15, -0.1) is 11.3 Å². The quantitative estimate of drug-likeness (QED) is 0.633. The summed E-state index contributed by atoms with van der Waals surface area (Å²) in [6, 6.07) is 9.72. The van der Waals surface area contributed by atoms with E-state index in [4.69, 9.17) is 9.15 Å². The van der Waals surface area contributed by atoms with Crippen LogP contribution in [0.3, 0.4) is 0 Å². The van der Waals surface area contributed by atoms with Gasteiger partial charge in [-0.25, -0.2) is 18.2 Å². The number of sulfone groups is 1. The van der Waals surface area contributed by atoms with Gasteiger partial charge in [0.2, 0.25) is 5.89 Å². The van der Waals surface area contributed by atoms with E-state index in [2.05, 4.69) is 4.98 Å². The van der Waals surface area contributed by atoms with Gasteiger partial charge in [-0.1, -0.05) is 18.2 Å². The number of hydrogen-bond acceptors (Lipinski definition) is 7. The second-order valence-electron chi connectivity index (χ2n) is 5.34. The monoisotopic (exact) mass is 377 g/mol. The number of oxazole rings is 1. The molecule has 2 heterocycles. The second-order valence-corrected chi connectivity index (χ2v) is 8.28. The van der Waals surface area contributed by atoms with E-state index in [0.29, 0.717) is 17.3 Å². The third-order valence-electron chi connectivity index (χ3n) is 3.47. The number of aryl methyl sites for hydroxylation is 1. The van der Waals surface area contributed by atoms with Gasteiger partial charge in [-0.3, -0.25) is 0 Å². The summed E-state index contributed by atoms with van der Waals surface area (Å²) in [6.07, 6.45) is 1.05. The van der Waals surface area contributed by atoms with E-state index in [1.54, 1.807) is 19.1 Å². The molecular weight excluding hydrogens is 362 g/mol. The highest BCUT2D eigenvalue weighted by Crippen LogP contribution is 2.26. The fourth-order valence-electron chi connectivity index (χ4n) is 2.24. The van der Waals surface area contributed by atoms with Crippen molar-refractivity contribution < 1.29 is 22.4 Å². The van der Waals surface area contributed by atoms with Gasteiger partial charge in [0.25, 0.3) is 0 Å². The van der Waals surface area contributed by atoms with Crippen molar-refractivity contribution in [3.05, 3.63) is 58.8 Å². The van der Waals surface area contributed by atoms with Crippen molar-refractivity contribution in [1.82, 2.24) is 4.98 Å². The number of hydrogen-bond donors (Lipinski definition) is 0. The van der Waals surface area contributed by atoms with Gasteiger partial charge in [-0.05, 0) is 30.5 Å². The first-order valence-corrected chi connectivity index (χ1v) is 10.1. The molecule has 0 atom stereocenters. The van der Waals surface area contributed by atoms with Gasteiger partial charge in [0.15, 0.2) is 9.84 Å².